The predicted octanol–water partition coefficient (Wildman–Crippen LogP) is 3.72. The number of aromatic hydroxyl groups is 2. The molecule has 4 rings (SSSR count). The van der Waals surface area contributed by atoms with Gasteiger partial charge in [-0.15, -0.1) is 0 Å². The average molecular weight is 457 g/mol. The fourth-order valence-electron chi connectivity index (χ4n) is 5.60. The van der Waals surface area contributed by atoms with Crippen LogP contribution in [0.1, 0.15) is 62.5 Å². The molecule has 33 heavy (non-hydrogen) atoms. The summed E-state index contributed by atoms with van der Waals surface area (Å²) in [5.74, 6) is 0.753. The monoisotopic (exact) mass is 456 g/mol. The summed E-state index contributed by atoms with van der Waals surface area (Å²) in [6.07, 6.45) is 7.88. The highest BCUT2D eigenvalue weighted by Gasteiger charge is 2.40. The van der Waals surface area contributed by atoms with Gasteiger partial charge in [-0.2, -0.15) is 0 Å². The van der Waals surface area contributed by atoms with E-state index in [1.54, 1.807) is 36.4 Å². The molecular weight excluding hydrogens is 416 g/mol. The molecular formula is C27H40N2O4. The summed E-state index contributed by atoms with van der Waals surface area (Å²) in [4.78, 5) is 0. The van der Waals surface area contributed by atoms with E-state index in [9.17, 15) is 20.4 Å². The molecule has 0 heterocycles. The molecule has 7 N–H and O–H groups in total. The Hall–Kier alpha value is -2.12. The maximum absolute atomic E-state index is 10.9. The summed E-state index contributed by atoms with van der Waals surface area (Å²) in [6, 6.07) is 13.9. The summed E-state index contributed by atoms with van der Waals surface area (Å²) in [7, 11) is 1.91. The van der Waals surface area contributed by atoms with Crippen LogP contribution in [0.3, 0.4) is 0 Å². The lowest BCUT2D eigenvalue weighted by Crippen LogP contribution is -2.42. The molecule has 0 saturated heterocycles. The number of rotatable bonds is 5. The van der Waals surface area contributed by atoms with Crippen LogP contribution in [0.4, 0.5) is 0 Å². The Labute approximate surface area is 197 Å². The number of nitrogens with two attached hydrogens (primary N) is 1. The molecule has 0 aliphatic heterocycles. The zero-order valence-corrected chi connectivity index (χ0v) is 19.7. The Balaban J connectivity index is 0.000000186. The van der Waals surface area contributed by atoms with Crippen molar-refractivity contribution in [2.45, 2.75) is 62.6 Å². The van der Waals surface area contributed by atoms with Crippen LogP contribution >= 0.6 is 0 Å². The molecule has 0 spiro atoms. The third-order valence-corrected chi connectivity index (χ3v) is 7.50. The van der Waals surface area contributed by atoms with E-state index in [4.69, 9.17) is 5.73 Å². The van der Waals surface area contributed by atoms with Gasteiger partial charge in [0, 0.05) is 18.4 Å². The molecule has 2 aliphatic carbocycles. The van der Waals surface area contributed by atoms with Gasteiger partial charge in [-0.3, -0.25) is 0 Å². The first kappa shape index (κ1) is 25.5. The van der Waals surface area contributed by atoms with E-state index >= 15 is 0 Å². The van der Waals surface area contributed by atoms with Crippen LogP contribution in [0.5, 0.6) is 11.5 Å². The van der Waals surface area contributed by atoms with Crippen molar-refractivity contribution in [1.82, 2.24) is 5.32 Å². The van der Waals surface area contributed by atoms with Crippen LogP contribution < -0.4 is 11.1 Å². The number of nitrogens with one attached hydrogen (secondary N) is 1. The number of aliphatic hydroxyl groups is 2. The second kappa shape index (κ2) is 11.3. The summed E-state index contributed by atoms with van der Waals surface area (Å²) in [5, 5.41) is 43.8. The van der Waals surface area contributed by atoms with Crippen LogP contribution in [-0.4, -0.2) is 40.6 Å². The average Bonchev–Trinajstić information content (AvgIpc) is 2.81. The molecule has 0 unspecified atom stereocenters. The maximum atomic E-state index is 10.9. The minimum Gasteiger partial charge on any atom is -0.508 e. The van der Waals surface area contributed by atoms with Gasteiger partial charge < -0.3 is 31.5 Å². The second-order valence-corrected chi connectivity index (χ2v) is 9.63. The summed E-state index contributed by atoms with van der Waals surface area (Å²) in [6.45, 7) is 1.30. The van der Waals surface area contributed by atoms with Gasteiger partial charge in [0.2, 0.25) is 0 Å². The first-order chi connectivity index (χ1) is 15.8. The minimum atomic E-state index is -0.855. The van der Waals surface area contributed by atoms with Gasteiger partial charge in [-0.25, -0.2) is 0 Å². The van der Waals surface area contributed by atoms with Crippen molar-refractivity contribution in [2.75, 3.05) is 20.1 Å². The smallest absolute Gasteiger partial charge is 0.115 e. The first-order valence-corrected chi connectivity index (χ1v) is 12.2. The van der Waals surface area contributed by atoms with E-state index in [2.05, 4.69) is 5.32 Å². The third kappa shape index (κ3) is 5.87. The van der Waals surface area contributed by atoms with Crippen molar-refractivity contribution >= 4 is 0 Å². The molecule has 2 saturated carbocycles. The Bertz CT molecular complexity index is 890. The molecule has 2 aliphatic rings. The molecule has 4 atom stereocenters. The molecule has 0 amide bonds. The normalized spacial score (nSPS) is 29.7. The number of phenols is 2. The van der Waals surface area contributed by atoms with Gasteiger partial charge >= 0.3 is 0 Å². The predicted molar refractivity (Wildman–Crippen MR) is 131 cm³/mol. The highest BCUT2D eigenvalue weighted by Crippen LogP contribution is 2.43. The standard InChI is InChI=1S/C14H21NO2.C13H19NO2/c1-15-10-12-5-2-3-8-14(12,17)11-6-4-7-13(16)9-11;14-9-11-4-1-2-7-13(11,16)10-5-3-6-12(15)8-10/h4,6-7,9,12,15-17H,2-3,5,8,10H2,1H3;3,5-6,8,11,15-16H,1-2,4,7,9,14H2/t12-,14+;11-,13+/m11/s1. The molecule has 2 fully saturated rings. The maximum Gasteiger partial charge on any atom is 0.115 e. The topological polar surface area (TPSA) is 119 Å². The van der Waals surface area contributed by atoms with Gasteiger partial charge in [0.25, 0.3) is 0 Å². The van der Waals surface area contributed by atoms with E-state index in [0.717, 1.165) is 62.6 Å². The molecule has 182 valence electrons. The minimum absolute atomic E-state index is 0.100. The van der Waals surface area contributed by atoms with E-state index in [0.29, 0.717) is 6.54 Å². The Morgan fingerprint density at radius 2 is 1.30 bits per heavy atom. The summed E-state index contributed by atoms with van der Waals surface area (Å²) >= 11 is 0. The SMILES string of the molecule is CNC[C@H]1CCCC[C@]1(O)c1cccc(O)c1.NC[C@H]1CCCC[C@]1(O)c1cccc(O)c1. The van der Waals surface area contributed by atoms with Crippen LogP contribution in [0.25, 0.3) is 0 Å². The first-order valence-electron chi connectivity index (χ1n) is 12.2. The molecule has 2 aromatic carbocycles. The lowest BCUT2D eigenvalue weighted by atomic mass is 9.71. The number of hydrogen-bond donors (Lipinski definition) is 6. The largest absolute Gasteiger partial charge is 0.508 e. The Morgan fingerprint density at radius 1 is 0.818 bits per heavy atom. The molecule has 0 aromatic heterocycles. The highest BCUT2D eigenvalue weighted by atomic mass is 16.3. The van der Waals surface area contributed by atoms with Gasteiger partial charge in [-0.05, 0) is 74.7 Å². The second-order valence-electron chi connectivity index (χ2n) is 9.63. The molecule has 0 radical (unpaired) electrons. The van der Waals surface area contributed by atoms with Gasteiger partial charge in [0.05, 0.1) is 11.2 Å². The van der Waals surface area contributed by atoms with E-state index in [-0.39, 0.29) is 23.3 Å². The van der Waals surface area contributed by atoms with Crippen molar-refractivity contribution in [3.8, 4) is 11.5 Å². The molecule has 2 aromatic rings. The van der Waals surface area contributed by atoms with E-state index in [1.165, 1.54) is 6.42 Å². The quantitative estimate of drug-likeness (QED) is 0.408. The van der Waals surface area contributed by atoms with Crippen molar-refractivity contribution in [3.05, 3.63) is 59.7 Å². The van der Waals surface area contributed by atoms with Gasteiger partial charge in [0.1, 0.15) is 11.5 Å². The van der Waals surface area contributed by atoms with Crippen molar-refractivity contribution in [2.24, 2.45) is 17.6 Å². The number of phenolic OH excluding ortho intramolecular Hbond substituents is 2. The highest BCUT2D eigenvalue weighted by molar-refractivity contribution is 5.33. The third-order valence-electron chi connectivity index (χ3n) is 7.50. The summed E-state index contributed by atoms with van der Waals surface area (Å²) in [5.41, 5.74) is 5.72. The number of hydrogen-bond acceptors (Lipinski definition) is 6. The number of benzene rings is 2. The fraction of sp³-hybridized carbons (Fsp3) is 0.556. The lowest BCUT2D eigenvalue weighted by Gasteiger charge is -2.40. The van der Waals surface area contributed by atoms with Crippen LogP contribution in [0, 0.1) is 11.8 Å². The van der Waals surface area contributed by atoms with Crippen molar-refractivity contribution in [1.29, 1.82) is 0 Å². The van der Waals surface area contributed by atoms with Crippen LogP contribution in [0.15, 0.2) is 48.5 Å². The van der Waals surface area contributed by atoms with Crippen molar-refractivity contribution in [3.63, 3.8) is 0 Å². The lowest BCUT2D eigenvalue weighted by molar-refractivity contribution is -0.0531. The van der Waals surface area contributed by atoms with Crippen molar-refractivity contribution < 1.29 is 20.4 Å². The molecule has 0 bridgehead atoms. The fourth-order valence-corrected chi connectivity index (χ4v) is 5.60. The zero-order chi connectivity index (χ0) is 23.9. The van der Waals surface area contributed by atoms with Gasteiger partial charge in [0.15, 0.2) is 0 Å². The summed E-state index contributed by atoms with van der Waals surface area (Å²) < 4.78 is 0. The van der Waals surface area contributed by atoms with E-state index < -0.39 is 11.2 Å². The van der Waals surface area contributed by atoms with E-state index in [1.807, 2.05) is 19.2 Å². The Morgan fingerprint density at radius 3 is 1.76 bits per heavy atom. The van der Waals surface area contributed by atoms with Crippen LogP contribution in [0.2, 0.25) is 0 Å². The molecule has 6 heteroatoms. The van der Waals surface area contributed by atoms with Gasteiger partial charge in [-0.1, -0.05) is 49.9 Å². The Kier molecular flexibility index (Phi) is 8.76. The van der Waals surface area contributed by atoms with Crippen LogP contribution in [-0.2, 0) is 11.2 Å². The zero-order valence-electron chi connectivity index (χ0n) is 19.7. The molecule has 6 nitrogen and oxygen atoms in total.